The number of anilines is 1. The number of benzene rings is 2. The van der Waals surface area contributed by atoms with Gasteiger partial charge in [0, 0.05) is 5.69 Å². The van der Waals surface area contributed by atoms with Crippen LogP contribution < -0.4 is 15.4 Å². The monoisotopic (exact) mass is 373 g/mol. The number of hydrogen-bond donors (Lipinski definition) is 3. The predicted molar refractivity (Wildman–Crippen MR) is 97.2 cm³/mol. The maximum Gasteiger partial charge on any atom is 0.322 e. The molecule has 2 aromatic carbocycles. The Balaban J connectivity index is 1.85. The first-order chi connectivity index (χ1) is 12.1. The highest BCUT2D eigenvalue weighted by Gasteiger charge is 2.43. The van der Waals surface area contributed by atoms with Gasteiger partial charge in [0.1, 0.15) is 5.54 Å². The van der Waals surface area contributed by atoms with Crippen molar-refractivity contribution in [3.05, 3.63) is 59.2 Å². The van der Waals surface area contributed by atoms with Gasteiger partial charge in [0.2, 0.25) is 0 Å². The normalized spacial score (nSPS) is 19.8. The first-order valence-corrected chi connectivity index (χ1v) is 9.44. The van der Waals surface area contributed by atoms with Crippen LogP contribution in [0.2, 0.25) is 0 Å². The zero-order valence-electron chi connectivity index (χ0n) is 14.6. The summed E-state index contributed by atoms with van der Waals surface area (Å²) < 4.78 is 27.7. The summed E-state index contributed by atoms with van der Waals surface area (Å²) in [5.74, 6) is -0.453. The molecule has 26 heavy (non-hydrogen) atoms. The fraction of sp³-hybridized carbons (Fsp3) is 0.222. The van der Waals surface area contributed by atoms with E-state index in [0.29, 0.717) is 16.8 Å². The molecule has 1 fully saturated rings. The van der Waals surface area contributed by atoms with Crippen molar-refractivity contribution in [3.8, 4) is 0 Å². The van der Waals surface area contributed by atoms with Gasteiger partial charge in [-0.3, -0.25) is 14.8 Å². The summed E-state index contributed by atoms with van der Waals surface area (Å²) >= 11 is 0. The van der Waals surface area contributed by atoms with Crippen molar-refractivity contribution in [2.45, 2.75) is 31.2 Å². The molecule has 3 N–H and O–H groups in total. The molecule has 1 aliphatic heterocycles. The van der Waals surface area contributed by atoms with Crippen LogP contribution >= 0.6 is 0 Å². The predicted octanol–water partition coefficient (Wildman–Crippen LogP) is 2.16. The first-order valence-electron chi connectivity index (χ1n) is 7.96. The number of carbonyl (C=O) groups is 2. The third kappa shape index (κ3) is 3.15. The van der Waals surface area contributed by atoms with Gasteiger partial charge in [-0.2, -0.15) is 0 Å². The largest absolute Gasteiger partial charge is 0.322 e. The van der Waals surface area contributed by atoms with E-state index in [1.54, 1.807) is 56.3 Å². The number of imide groups is 1. The number of nitrogens with one attached hydrogen (secondary N) is 3. The SMILES string of the molecule is Cc1ccc(S(=O)(=O)Nc2ccc([C@@]3(C)NC(=O)NC3=O)cc2)c(C)c1. The Kier molecular flexibility index (Phi) is 4.23. The van der Waals surface area contributed by atoms with Crippen LogP contribution in [-0.2, 0) is 20.4 Å². The van der Waals surface area contributed by atoms with Gasteiger partial charge in [0.25, 0.3) is 15.9 Å². The van der Waals surface area contributed by atoms with Gasteiger partial charge in [0.15, 0.2) is 0 Å². The molecule has 1 saturated heterocycles. The van der Waals surface area contributed by atoms with Crippen LogP contribution in [0.5, 0.6) is 0 Å². The van der Waals surface area contributed by atoms with Crippen molar-refractivity contribution in [2.75, 3.05) is 4.72 Å². The minimum atomic E-state index is -3.73. The van der Waals surface area contributed by atoms with E-state index >= 15 is 0 Å². The third-order valence-corrected chi connectivity index (χ3v) is 5.92. The first kappa shape index (κ1) is 17.9. The summed E-state index contributed by atoms with van der Waals surface area (Å²) in [6, 6.07) is 10.9. The molecule has 0 radical (unpaired) electrons. The molecule has 0 aliphatic carbocycles. The molecular weight excluding hydrogens is 354 g/mol. The van der Waals surface area contributed by atoms with Crippen LogP contribution in [0.4, 0.5) is 10.5 Å². The maximum atomic E-state index is 12.6. The van der Waals surface area contributed by atoms with Gasteiger partial charge in [-0.1, -0.05) is 29.8 Å². The number of aryl methyl sites for hydroxylation is 2. The summed E-state index contributed by atoms with van der Waals surface area (Å²) in [4.78, 5) is 23.5. The van der Waals surface area contributed by atoms with E-state index in [2.05, 4.69) is 15.4 Å². The average Bonchev–Trinajstić information content (AvgIpc) is 2.80. The van der Waals surface area contributed by atoms with Crippen molar-refractivity contribution < 1.29 is 18.0 Å². The second kappa shape index (κ2) is 6.14. The highest BCUT2D eigenvalue weighted by atomic mass is 32.2. The van der Waals surface area contributed by atoms with Crippen LogP contribution in [0.1, 0.15) is 23.6 Å². The molecule has 2 aromatic rings. The van der Waals surface area contributed by atoms with Crippen molar-refractivity contribution in [1.29, 1.82) is 0 Å². The molecule has 0 unspecified atom stereocenters. The summed E-state index contributed by atoms with van der Waals surface area (Å²) in [5, 5.41) is 4.75. The van der Waals surface area contributed by atoms with Gasteiger partial charge < -0.3 is 5.32 Å². The molecule has 7 nitrogen and oxygen atoms in total. The Morgan fingerprint density at radius 3 is 2.19 bits per heavy atom. The molecule has 0 bridgehead atoms. The minimum Gasteiger partial charge on any atom is -0.320 e. The van der Waals surface area contributed by atoms with Crippen LogP contribution in [-0.4, -0.2) is 20.4 Å². The molecule has 0 saturated carbocycles. The van der Waals surface area contributed by atoms with E-state index in [1.165, 1.54) is 0 Å². The molecule has 0 spiro atoms. The van der Waals surface area contributed by atoms with Crippen LogP contribution in [0, 0.1) is 13.8 Å². The van der Waals surface area contributed by atoms with E-state index in [-0.39, 0.29) is 4.90 Å². The quantitative estimate of drug-likeness (QED) is 0.714. The summed E-state index contributed by atoms with van der Waals surface area (Å²) in [5.41, 5.74) is 1.38. The Hall–Kier alpha value is -2.87. The van der Waals surface area contributed by atoms with Gasteiger partial charge in [-0.25, -0.2) is 13.2 Å². The molecule has 1 atom stereocenters. The zero-order chi connectivity index (χ0) is 19.1. The summed E-state index contributed by atoms with van der Waals surface area (Å²) in [6.07, 6.45) is 0. The fourth-order valence-corrected chi connectivity index (χ4v) is 4.22. The molecular formula is C18H19N3O4S. The van der Waals surface area contributed by atoms with Gasteiger partial charge in [-0.05, 0) is 50.1 Å². The number of urea groups is 1. The lowest BCUT2D eigenvalue weighted by Gasteiger charge is -2.21. The van der Waals surface area contributed by atoms with E-state index in [4.69, 9.17) is 0 Å². The maximum absolute atomic E-state index is 12.6. The van der Waals surface area contributed by atoms with Crippen molar-refractivity contribution in [2.24, 2.45) is 0 Å². The number of hydrogen-bond acceptors (Lipinski definition) is 4. The smallest absolute Gasteiger partial charge is 0.320 e. The van der Waals surface area contributed by atoms with Crippen LogP contribution in [0.15, 0.2) is 47.4 Å². The van der Waals surface area contributed by atoms with Crippen LogP contribution in [0.25, 0.3) is 0 Å². The number of carbonyl (C=O) groups excluding carboxylic acids is 2. The molecule has 0 aromatic heterocycles. The topological polar surface area (TPSA) is 104 Å². The highest BCUT2D eigenvalue weighted by Crippen LogP contribution is 2.27. The molecule has 1 heterocycles. The Labute approximate surface area is 151 Å². The van der Waals surface area contributed by atoms with E-state index in [1.807, 2.05) is 6.92 Å². The lowest BCUT2D eigenvalue weighted by molar-refractivity contribution is -0.123. The molecule has 8 heteroatoms. The summed E-state index contributed by atoms with van der Waals surface area (Å²) in [6.45, 7) is 5.23. The number of rotatable bonds is 4. The van der Waals surface area contributed by atoms with Gasteiger partial charge >= 0.3 is 6.03 Å². The second-order valence-electron chi connectivity index (χ2n) is 6.49. The molecule has 1 aliphatic rings. The third-order valence-electron chi connectivity index (χ3n) is 4.38. The molecule has 3 amide bonds. The van der Waals surface area contributed by atoms with E-state index in [9.17, 15) is 18.0 Å². The fourth-order valence-electron chi connectivity index (χ4n) is 2.93. The average molecular weight is 373 g/mol. The molecule has 136 valence electrons. The molecule has 3 rings (SSSR count). The van der Waals surface area contributed by atoms with Gasteiger partial charge in [0.05, 0.1) is 4.90 Å². The van der Waals surface area contributed by atoms with Crippen molar-refractivity contribution >= 4 is 27.6 Å². The lowest BCUT2D eigenvalue weighted by Crippen LogP contribution is -2.40. The van der Waals surface area contributed by atoms with E-state index in [0.717, 1.165) is 5.56 Å². The Bertz CT molecular complexity index is 1000. The number of amides is 3. The Morgan fingerprint density at radius 1 is 1.00 bits per heavy atom. The lowest BCUT2D eigenvalue weighted by atomic mass is 9.92. The van der Waals surface area contributed by atoms with Crippen molar-refractivity contribution in [3.63, 3.8) is 0 Å². The summed E-state index contributed by atoms with van der Waals surface area (Å²) in [7, 11) is -3.73. The highest BCUT2D eigenvalue weighted by molar-refractivity contribution is 7.92. The number of sulfonamides is 1. The zero-order valence-corrected chi connectivity index (χ0v) is 15.4. The second-order valence-corrected chi connectivity index (χ2v) is 8.14. The Morgan fingerprint density at radius 2 is 1.65 bits per heavy atom. The van der Waals surface area contributed by atoms with E-state index < -0.39 is 27.5 Å². The van der Waals surface area contributed by atoms with Crippen LogP contribution in [0.3, 0.4) is 0 Å². The minimum absolute atomic E-state index is 0.210. The van der Waals surface area contributed by atoms with Crippen molar-refractivity contribution in [1.82, 2.24) is 10.6 Å². The van der Waals surface area contributed by atoms with Gasteiger partial charge in [-0.15, -0.1) is 0 Å². The standard InChI is InChI=1S/C18H19N3O4S/c1-11-4-9-15(12(2)10-11)26(24,25)21-14-7-5-13(6-8-14)18(3)16(22)19-17(23)20-18/h4-10,21H,1-3H3,(H2,19,20,22,23)/t18-/m1/s1.